The van der Waals surface area contributed by atoms with E-state index in [1.54, 1.807) is 6.92 Å². The Hall–Kier alpha value is -1.05. The Balaban J connectivity index is 2.42. The van der Waals surface area contributed by atoms with E-state index in [0.717, 1.165) is 15.6 Å². The Morgan fingerprint density at radius 1 is 1.65 bits per heavy atom. The van der Waals surface area contributed by atoms with E-state index in [-0.39, 0.29) is 5.91 Å². The Kier molecular flexibility index (Phi) is 4.98. The molecule has 92 valence electrons. The van der Waals surface area contributed by atoms with Gasteiger partial charge >= 0.3 is 0 Å². The van der Waals surface area contributed by atoms with E-state index >= 15 is 0 Å². The van der Waals surface area contributed by atoms with Crippen molar-refractivity contribution < 1.29 is 4.79 Å². The topological polar surface area (TPSA) is 52.9 Å². The number of nitriles is 1. The molecule has 0 aliphatic carbocycles. The van der Waals surface area contributed by atoms with Crippen LogP contribution in [0, 0.1) is 16.7 Å². The highest BCUT2D eigenvalue weighted by atomic mass is 35.5. The number of carbonyl (C=O) groups is 1. The Morgan fingerprint density at radius 3 is 2.82 bits per heavy atom. The van der Waals surface area contributed by atoms with Gasteiger partial charge in [-0.3, -0.25) is 4.79 Å². The first-order valence-corrected chi connectivity index (χ1v) is 6.65. The van der Waals surface area contributed by atoms with Crippen molar-refractivity contribution in [2.45, 2.75) is 26.7 Å². The molecule has 1 rings (SSSR count). The van der Waals surface area contributed by atoms with Gasteiger partial charge in [0.1, 0.15) is 5.41 Å². The number of halogens is 1. The van der Waals surface area contributed by atoms with Gasteiger partial charge in [-0.2, -0.15) is 5.26 Å². The van der Waals surface area contributed by atoms with Gasteiger partial charge in [-0.25, -0.2) is 0 Å². The van der Waals surface area contributed by atoms with Gasteiger partial charge in [-0.05, 0) is 31.9 Å². The molecule has 3 nitrogen and oxygen atoms in total. The number of nitrogens with zero attached hydrogens (tertiary/aromatic N) is 1. The lowest BCUT2D eigenvalue weighted by Crippen LogP contribution is -2.38. The van der Waals surface area contributed by atoms with Gasteiger partial charge in [-0.15, -0.1) is 11.3 Å². The van der Waals surface area contributed by atoms with Crippen molar-refractivity contribution in [2.75, 3.05) is 6.54 Å². The van der Waals surface area contributed by atoms with Gasteiger partial charge in [0.2, 0.25) is 5.91 Å². The highest BCUT2D eigenvalue weighted by Gasteiger charge is 2.30. The third kappa shape index (κ3) is 3.72. The van der Waals surface area contributed by atoms with Gasteiger partial charge in [0.15, 0.2) is 0 Å². The van der Waals surface area contributed by atoms with Crippen LogP contribution in [0.1, 0.15) is 25.1 Å². The summed E-state index contributed by atoms with van der Waals surface area (Å²) in [5.41, 5.74) is -0.924. The molecule has 0 saturated carbocycles. The predicted molar refractivity (Wildman–Crippen MR) is 70.1 cm³/mol. The van der Waals surface area contributed by atoms with Crippen LogP contribution in [0.2, 0.25) is 4.34 Å². The van der Waals surface area contributed by atoms with Crippen LogP contribution in [-0.4, -0.2) is 12.5 Å². The molecule has 0 aliphatic heterocycles. The van der Waals surface area contributed by atoms with Crippen molar-refractivity contribution >= 4 is 28.8 Å². The normalized spacial score (nSPS) is 13.8. The molecule has 0 spiro atoms. The molecule has 0 aliphatic rings. The highest BCUT2D eigenvalue weighted by molar-refractivity contribution is 7.16. The van der Waals surface area contributed by atoms with Crippen LogP contribution in [0.4, 0.5) is 0 Å². The van der Waals surface area contributed by atoms with Gasteiger partial charge < -0.3 is 5.32 Å². The molecular weight excluding hydrogens is 256 g/mol. The highest BCUT2D eigenvalue weighted by Crippen LogP contribution is 2.22. The summed E-state index contributed by atoms with van der Waals surface area (Å²) in [7, 11) is 0. The monoisotopic (exact) mass is 270 g/mol. The first-order chi connectivity index (χ1) is 8.01. The molecule has 0 fully saturated rings. The Labute approximate surface area is 110 Å². The SMILES string of the molecule is CCC(C)(C#N)C(=O)NCCc1ccc(Cl)s1. The van der Waals surface area contributed by atoms with Crippen molar-refractivity contribution in [1.82, 2.24) is 5.32 Å². The smallest absolute Gasteiger partial charge is 0.240 e. The van der Waals surface area contributed by atoms with Gasteiger partial charge in [0, 0.05) is 11.4 Å². The van der Waals surface area contributed by atoms with Gasteiger partial charge in [-0.1, -0.05) is 18.5 Å². The van der Waals surface area contributed by atoms with Crippen molar-refractivity contribution in [3.63, 3.8) is 0 Å². The van der Waals surface area contributed by atoms with Crippen LogP contribution >= 0.6 is 22.9 Å². The van der Waals surface area contributed by atoms with Crippen LogP contribution in [0.25, 0.3) is 0 Å². The summed E-state index contributed by atoms with van der Waals surface area (Å²) in [6.07, 6.45) is 1.26. The molecule has 1 heterocycles. The maximum absolute atomic E-state index is 11.8. The number of carbonyl (C=O) groups excluding carboxylic acids is 1. The third-order valence-electron chi connectivity index (χ3n) is 2.74. The zero-order valence-corrected chi connectivity index (χ0v) is 11.5. The van der Waals surface area contributed by atoms with Crippen molar-refractivity contribution in [3.05, 3.63) is 21.3 Å². The third-order valence-corrected chi connectivity index (χ3v) is 4.03. The minimum absolute atomic E-state index is 0.204. The number of thiophene rings is 1. The van der Waals surface area contributed by atoms with E-state index in [4.69, 9.17) is 16.9 Å². The molecule has 1 N–H and O–H groups in total. The van der Waals surface area contributed by atoms with E-state index in [0.29, 0.717) is 13.0 Å². The average Bonchev–Trinajstić information content (AvgIpc) is 2.74. The molecule has 1 aromatic heterocycles. The molecule has 0 aromatic carbocycles. The maximum atomic E-state index is 11.8. The van der Waals surface area contributed by atoms with Crippen molar-refractivity contribution in [1.29, 1.82) is 5.26 Å². The molecule has 1 atom stereocenters. The fourth-order valence-electron chi connectivity index (χ4n) is 1.27. The number of hydrogen-bond acceptors (Lipinski definition) is 3. The van der Waals surface area contributed by atoms with Gasteiger partial charge in [0.25, 0.3) is 0 Å². The standard InChI is InChI=1S/C12H15ClN2OS/c1-3-12(2,8-14)11(16)15-7-6-9-4-5-10(13)17-9/h4-5H,3,6-7H2,1-2H3,(H,15,16). The second-order valence-corrected chi connectivity index (χ2v) is 5.81. The zero-order valence-electron chi connectivity index (χ0n) is 9.92. The number of nitrogens with one attached hydrogen (secondary N) is 1. The number of rotatable bonds is 5. The molecule has 1 unspecified atom stereocenters. The fraction of sp³-hybridized carbons (Fsp3) is 0.500. The quantitative estimate of drug-likeness (QED) is 0.894. The van der Waals surface area contributed by atoms with Crippen LogP contribution < -0.4 is 5.32 Å². The van der Waals surface area contributed by atoms with E-state index in [9.17, 15) is 4.79 Å². The largest absolute Gasteiger partial charge is 0.354 e. The summed E-state index contributed by atoms with van der Waals surface area (Å²) in [5.74, 6) is -0.204. The lowest BCUT2D eigenvalue weighted by molar-refractivity contribution is -0.127. The number of amides is 1. The van der Waals surface area contributed by atoms with E-state index in [1.807, 2.05) is 19.1 Å². The summed E-state index contributed by atoms with van der Waals surface area (Å²) in [6, 6.07) is 5.84. The first kappa shape index (κ1) is 14.0. The molecule has 17 heavy (non-hydrogen) atoms. The van der Waals surface area contributed by atoms with Crippen LogP contribution in [0.3, 0.4) is 0 Å². The summed E-state index contributed by atoms with van der Waals surface area (Å²) < 4.78 is 0.752. The Morgan fingerprint density at radius 2 is 2.35 bits per heavy atom. The van der Waals surface area contributed by atoms with E-state index in [1.165, 1.54) is 11.3 Å². The molecule has 5 heteroatoms. The molecule has 0 saturated heterocycles. The van der Waals surface area contributed by atoms with E-state index < -0.39 is 5.41 Å². The van der Waals surface area contributed by atoms with E-state index in [2.05, 4.69) is 11.4 Å². The minimum Gasteiger partial charge on any atom is -0.354 e. The van der Waals surface area contributed by atoms with Crippen LogP contribution in [-0.2, 0) is 11.2 Å². The number of hydrogen-bond donors (Lipinski definition) is 1. The van der Waals surface area contributed by atoms with Crippen molar-refractivity contribution in [3.8, 4) is 6.07 Å². The second kappa shape index (κ2) is 6.04. The molecule has 0 radical (unpaired) electrons. The summed E-state index contributed by atoms with van der Waals surface area (Å²) in [4.78, 5) is 12.9. The molecular formula is C12H15ClN2OS. The van der Waals surface area contributed by atoms with Crippen molar-refractivity contribution in [2.24, 2.45) is 5.41 Å². The molecule has 1 amide bonds. The maximum Gasteiger partial charge on any atom is 0.240 e. The average molecular weight is 271 g/mol. The van der Waals surface area contributed by atoms with Crippen LogP contribution in [0.15, 0.2) is 12.1 Å². The molecule has 0 bridgehead atoms. The summed E-state index contributed by atoms with van der Waals surface area (Å²) in [6.45, 7) is 4.03. The predicted octanol–water partition coefficient (Wildman–Crippen LogP) is 3.00. The zero-order chi connectivity index (χ0) is 12.9. The van der Waals surface area contributed by atoms with Gasteiger partial charge in [0.05, 0.1) is 10.4 Å². The summed E-state index contributed by atoms with van der Waals surface area (Å²) >= 11 is 7.32. The fourth-order valence-corrected chi connectivity index (χ4v) is 2.36. The molecule has 1 aromatic rings. The lowest BCUT2D eigenvalue weighted by atomic mass is 9.88. The first-order valence-electron chi connectivity index (χ1n) is 5.45. The minimum atomic E-state index is -0.924. The van der Waals surface area contributed by atoms with Crippen LogP contribution in [0.5, 0.6) is 0 Å². The Bertz CT molecular complexity index is 438. The lowest BCUT2D eigenvalue weighted by Gasteiger charge is -2.18. The second-order valence-electron chi connectivity index (χ2n) is 4.01. The summed E-state index contributed by atoms with van der Waals surface area (Å²) in [5, 5.41) is 11.7.